The van der Waals surface area contributed by atoms with Crippen molar-refractivity contribution in [3.8, 4) is 0 Å². The molecule has 0 aliphatic heterocycles. The Hall–Kier alpha value is -2.26. The van der Waals surface area contributed by atoms with Crippen LogP contribution in [0.15, 0.2) is 16.7 Å². The largest absolute Gasteiger partial charge is 0.462 e. The lowest BCUT2D eigenvalue weighted by Gasteiger charge is -2.05. The van der Waals surface area contributed by atoms with Crippen LogP contribution in [0.3, 0.4) is 0 Å². The van der Waals surface area contributed by atoms with Crippen LogP contribution < -0.4 is 5.32 Å². The predicted molar refractivity (Wildman–Crippen MR) is 103 cm³/mol. The number of hydrogen-bond donors (Lipinski definition) is 1. The molecule has 136 valence electrons. The van der Waals surface area contributed by atoms with Gasteiger partial charge in [0.2, 0.25) is 0 Å². The minimum atomic E-state index is -0.437. The Kier molecular flexibility index (Phi) is 5.10. The van der Waals surface area contributed by atoms with Crippen molar-refractivity contribution in [2.24, 2.45) is 0 Å². The van der Waals surface area contributed by atoms with Crippen LogP contribution in [0, 0.1) is 20.8 Å². The normalized spacial score (nSPS) is 11.0. The Morgan fingerprint density at radius 1 is 1.27 bits per heavy atom. The van der Waals surface area contributed by atoms with Crippen LogP contribution in [-0.4, -0.2) is 32.9 Å². The monoisotopic (exact) mass is 436 g/mol. The second-order valence-corrected chi connectivity index (χ2v) is 7.60. The summed E-state index contributed by atoms with van der Waals surface area (Å²) in [7, 11) is 0. The average Bonchev–Trinajstić information content (AvgIpc) is 3.07. The van der Waals surface area contributed by atoms with Crippen molar-refractivity contribution >= 4 is 49.9 Å². The Balaban J connectivity index is 1.94. The third kappa shape index (κ3) is 3.36. The van der Waals surface area contributed by atoms with E-state index in [2.05, 4.69) is 31.2 Å². The van der Waals surface area contributed by atoms with Crippen LogP contribution in [0.4, 0.5) is 5.13 Å². The highest BCUT2D eigenvalue weighted by Gasteiger charge is 2.21. The zero-order chi connectivity index (χ0) is 19.0. The van der Waals surface area contributed by atoms with Crippen LogP contribution in [-0.2, 0) is 4.74 Å². The molecular weight excluding hydrogens is 420 g/mol. The summed E-state index contributed by atoms with van der Waals surface area (Å²) in [4.78, 5) is 33.8. The number of aryl methyl sites for hydroxylation is 3. The quantitative estimate of drug-likeness (QED) is 0.626. The standard InChI is InChI=1S/C17H17BrN4O3S/c1-5-25-16(24)13-10(4)20-17(26-13)21-15(23)12-9(3)19-14-8(2)6-11(18)7-22(12)14/h6-7H,5H2,1-4H3,(H,20,21,23). The van der Waals surface area contributed by atoms with Gasteiger partial charge in [0.25, 0.3) is 5.91 Å². The highest BCUT2D eigenvalue weighted by Crippen LogP contribution is 2.25. The van der Waals surface area contributed by atoms with Crippen molar-refractivity contribution in [3.05, 3.63) is 44.3 Å². The molecule has 0 atom stereocenters. The second kappa shape index (κ2) is 7.16. The minimum absolute atomic E-state index is 0.285. The summed E-state index contributed by atoms with van der Waals surface area (Å²) >= 11 is 4.54. The molecule has 0 saturated heterocycles. The maximum Gasteiger partial charge on any atom is 0.350 e. The molecule has 3 aromatic rings. The van der Waals surface area contributed by atoms with E-state index in [0.29, 0.717) is 27.1 Å². The van der Waals surface area contributed by atoms with Gasteiger partial charge in [-0.1, -0.05) is 11.3 Å². The highest BCUT2D eigenvalue weighted by atomic mass is 79.9. The van der Waals surface area contributed by atoms with Crippen molar-refractivity contribution in [2.75, 3.05) is 11.9 Å². The van der Waals surface area contributed by atoms with Crippen LogP contribution in [0.5, 0.6) is 0 Å². The number of nitrogens with one attached hydrogen (secondary N) is 1. The minimum Gasteiger partial charge on any atom is -0.462 e. The molecule has 0 fully saturated rings. The molecule has 0 bridgehead atoms. The molecule has 0 unspecified atom stereocenters. The van der Waals surface area contributed by atoms with Gasteiger partial charge in [-0.25, -0.2) is 14.8 Å². The molecule has 9 heteroatoms. The maximum absolute atomic E-state index is 12.8. The number of anilines is 1. The van der Waals surface area contributed by atoms with Gasteiger partial charge >= 0.3 is 5.97 Å². The Morgan fingerprint density at radius 2 is 2.00 bits per heavy atom. The zero-order valence-corrected chi connectivity index (χ0v) is 17.1. The van der Waals surface area contributed by atoms with Gasteiger partial charge in [0, 0.05) is 10.7 Å². The van der Waals surface area contributed by atoms with Gasteiger partial charge in [-0.3, -0.25) is 14.5 Å². The molecule has 3 aromatic heterocycles. The first kappa shape index (κ1) is 18.5. The number of hydrogen-bond acceptors (Lipinski definition) is 6. The number of nitrogens with zero attached hydrogens (tertiary/aromatic N) is 3. The summed E-state index contributed by atoms with van der Waals surface area (Å²) in [5.74, 6) is -0.773. The first-order valence-corrected chi connectivity index (χ1v) is 9.53. The molecule has 3 heterocycles. The number of rotatable bonds is 4. The summed E-state index contributed by atoms with van der Waals surface area (Å²) in [6, 6.07) is 1.94. The fraction of sp³-hybridized carbons (Fsp3) is 0.294. The van der Waals surface area contributed by atoms with Gasteiger partial charge in [0.1, 0.15) is 16.2 Å². The second-order valence-electron chi connectivity index (χ2n) is 5.69. The molecule has 0 aromatic carbocycles. The van der Waals surface area contributed by atoms with Crippen LogP contribution in [0.2, 0.25) is 0 Å². The van der Waals surface area contributed by atoms with Gasteiger partial charge in [-0.15, -0.1) is 0 Å². The molecule has 3 rings (SSSR count). The third-order valence-electron chi connectivity index (χ3n) is 3.74. The number of carbonyl (C=O) groups is 2. The summed E-state index contributed by atoms with van der Waals surface area (Å²) in [6.45, 7) is 7.45. The van der Waals surface area contributed by atoms with E-state index < -0.39 is 5.97 Å². The molecule has 0 spiro atoms. The van der Waals surface area contributed by atoms with E-state index in [-0.39, 0.29) is 12.5 Å². The van der Waals surface area contributed by atoms with Gasteiger partial charge < -0.3 is 4.74 Å². The number of pyridine rings is 1. The molecule has 0 saturated carbocycles. The molecule has 0 aliphatic rings. The molecular formula is C17H17BrN4O3S. The summed E-state index contributed by atoms with van der Waals surface area (Å²) in [5, 5.41) is 3.10. The first-order chi connectivity index (χ1) is 12.3. The number of imidazole rings is 1. The lowest BCUT2D eigenvalue weighted by atomic mass is 10.3. The smallest absolute Gasteiger partial charge is 0.350 e. The predicted octanol–water partition coefficient (Wildman–Crippen LogP) is 3.91. The Labute approximate surface area is 162 Å². The zero-order valence-electron chi connectivity index (χ0n) is 14.7. The van der Waals surface area contributed by atoms with Crippen molar-refractivity contribution < 1.29 is 14.3 Å². The number of amides is 1. The maximum atomic E-state index is 12.8. The van der Waals surface area contributed by atoms with E-state index in [0.717, 1.165) is 27.0 Å². The van der Waals surface area contributed by atoms with Crippen molar-refractivity contribution in [3.63, 3.8) is 0 Å². The van der Waals surface area contributed by atoms with E-state index in [9.17, 15) is 9.59 Å². The fourth-order valence-corrected chi connectivity index (χ4v) is 4.05. The number of fused-ring (bicyclic) bond motifs is 1. The van der Waals surface area contributed by atoms with Gasteiger partial charge in [-0.05, 0) is 55.3 Å². The van der Waals surface area contributed by atoms with Crippen LogP contribution in [0.25, 0.3) is 5.65 Å². The van der Waals surface area contributed by atoms with E-state index in [1.54, 1.807) is 31.4 Å². The van der Waals surface area contributed by atoms with E-state index in [4.69, 9.17) is 4.74 Å². The number of ether oxygens (including phenoxy) is 1. The number of halogens is 1. The molecule has 26 heavy (non-hydrogen) atoms. The van der Waals surface area contributed by atoms with Gasteiger partial charge in [-0.2, -0.15) is 0 Å². The van der Waals surface area contributed by atoms with E-state index in [1.165, 1.54) is 0 Å². The average molecular weight is 437 g/mol. The lowest BCUT2D eigenvalue weighted by Crippen LogP contribution is -2.15. The third-order valence-corrected chi connectivity index (χ3v) is 5.22. The van der Waals surface area contributed by atoms with Crippen LogP contribution in [0.1, 0.15) is 44.0 Å². The Morgan fingerprint density at radius 3 is 2.69 bits per heavy atom. The number of carbonyl (C=O) groups excluding carboxylic acids is 2. The van der Waals surface area contributed by atoms with Gasteiger partial charge in [0.05, 0.1) is 18.0 Å². The summed E-state index contributed by atoms with van der Waals surface area (Å²) in [6.07, 6.45) is 1.80. The topological polar surface area (TPSA) is 85.6 Å². The first-order valence-electron chi connectivity index (χ1n) is 7.92. The number of thiazole rings is 1. The molecule has 1 N–H and O–H groups in total. The summed E-state index contributed by atoms with van der Waals surface area (Å²) in [5.41, 5.74) is 3.24. The number of esters is 1. The van der Waals surface area contributed by atoms with E-state index in [1.807, 2.05) is 13.0 Å². The highest BCUT2D eigenvalue weighted by molar-refractivity contribution is 9.10. The Bertz CT molecular complexity index is 1020. The summed E-state index contributed by atoms with van der Waals surface area (Å²) < 4.78 is 7.60. The van der Waals surface area contributed by atoms with Crippen molar-refractivity contribution in [1.29, 1.82) is 0 Å². The SMILES string of the molecule is CCOC(=O)c1sc(NC(=O)c2c(C)nc3c(C)cc(Br)cn23)nc1C. The lowest BCUT2D eigenvalue weighted by molar-refractivity contribution is 0.0531. The van der Waals surface area contributed by atoms with Crippen molar-refractivity contribution in [1.82, 2.24) is 14.4 Å². The molecule has 7 nitrogen and oxygen atoms in total. The van der Waals surface area contributed by atoms with Crippen molar-refractivity contribution in [2.45, 2.75) is 27.7 Å². The molecule has 0 radical (unpaired) electrons. The van der Waals surface area contributed by atoms with Gasteiger partial charge in [0.15, 0.2) is 5.13 Å². The molecule has 1 amide bonds. The molecule has 0 aliphatic carbocycles. The fourth-order valence-electron chi connectivity index (χ4n) is 2.65. The van der Waals surface area contributed by atoms with E-state index >= 15 is 0 Å². The van der Waals surface area contributed by atoms with Crippen LogP contribution >= 0.6 is 27.3 Å². The number of aromatic nitrogens is 3.